The molecule has 19 heavy (non-hydrogen) atoms. The van der Waals surface area contributed by atoms with Crippen LogP contribution in [0, 0.1) is 5.92 Å². The Morgan fingerprint density at radius 2 is 1.53 bits per heavy atom. The number of rotatable bonds is 4. The monoisotopic (exact) mass is 252 g/mol. The summed E-state index contributed by atoms with van der Waals surface area (Å²) in [5, 5.41) is 10.5. The fraction of sp³-hybridized carbons (Fsp3) is 0.333. The highest BCUT2D eigenvalue weighted by molar-refractivity contribution is 5.28. The third-order valence-corrected chi connectivity index (χ3v) is 4.34. The second-order valence-electron chi connectivity index (χ2n) is 5.61. The van der Waals surface area contributed by atoms with E-state index in [-0.39, 0.29) is 12.0 Å². The van der Waals surface area contributed by atoms with Crippen molar-refractivity contribution in [3.8, 4) is 0 Å². The molecule has 2 aromatic carbocycles. The normalized spacial score (nSPS) is 24.7. The van der Waals surface area contributed by atoms with Gasteiger partial charge in [-0.1, -0.05) is 67.6 Å². The van der Waals surface area contributed by atoms with Crippen molar-refractivity contribution >= 4 is 0 Å². The molecule has 0 aliphatic heterocycles. The number of aliphatic hydroxyl groups excluding tert-OH is 1. The van der Waals surface area contributed by atoms with E-state index in [1.54, 1.807) is 0 Å². The zero-order valence-corrected chi connectivity index (χ0v) is 11.2. The van der Waals surface area contributed by atoms with Gasteiger partial charge in [0.15, 0.2) is 0 Å². The summed E-state index contributed by atoms with van der Waals surface area (Å²) in [5.74, 6) is 1.17. The van der Waals surface area contributed by atoms with E-state index in [1.807, 2.05) is 24.3 Å². The zero-order chi connectivity index (χ0) is 13.2. The highest BCUT2D eigenvalue weighted by atomic mass is 16.3. The second-order valence-corrected chi connectivity index (χ2v) is 5.61. The Morgan fingerprint density at radius 3 is 2.16 bits per heavy atom. The number of benzene rings is 2. The lowest BCUT2D eigenvalue weighted by Crippen LogP contribution is -2.19. The van der Waals surface area contributed by atoms with Crippen LogP contribution in [-0.4, -0.2) is 11.2 Å². The van der Waals surface area contributed by atoms with E-state index in [1.165, 1.54) is 11.1 Å². The summed E-state index contributed by atoms with van der Waals surface area (Å²) < 4.78 is 0. The average Bonchev–Trinajstić information content (AvgIpc) is 3.28. The summed E-state index contributed by atoms with van der Waals surface area (Å²) in [4.78, 5) is 0. The minimum Gasteiger partial charge on any atom is -0.392 e. The van der Waals surface area contributed by atoms with Gasteiger partial charge in [0.05, 0.1) is 6.10 Å². The maximum absolute atomic E-state index is 10.5. The van der Waals surface area contributed by atoms with Gasteiger partial charge in [0.2, 0.25) is 0 Å². The molecule has 1 nitrogen and oxygen atoms in total. The van der Waals surface area contributed by atoms with Gasteiger partial charge in [-0.3, -0.25) is 0 Å². The molecule has 1 fully saturated rings. The minimum atomic E-state index is -0.243. The molecule has 1 saturated carbocycles. The van der Waals surface area contributed by atoms with Crippen molar-refractivity contribution in [2.24, 2.45) is 5.92 Å². The van der Waals surface area contributed by atoms with Crippen LogP contribution in [0.3, 0.4) is 0 Å². The molecule has 0 saturated heterocycles. The average molecular weight is 252 g/mol. The maximum atomic E-state index is 10.5. The van der Waals surface area contributed by atoms with E-state index in [0.29, 0.717) is 11.8 Å². The van der Waals surface area contributed by atoms with Crippen LogP contribution in [0.4, 0.5) is 0 Å². The Bertz CT molecular complexity index is 520. The quantitative estimate of drug-likeness (QED) is 0.873. The van der Waals surface area contributed by atoms with Gasteiger partial charge in [0.25, 0.3) is 0 Å². The van der Waals surface area contributed by atoms with Crippen molar-refractivity contribution in [2.75, 3.05) is 0 Å². The molecule has 1 aliphatic rings. The van der Waals surface area contributed by atoms with Crippen LogP contribution in [0.5, 0.6) is 0 Å². The molecular weight excluding hydrogens is 232 g/mol. The number of aliphatic hydroxyl groups is 1. The van der Waals surface area contributed by atoms with Gasteiger partial charge in [-0.15, -0.1) is 0 Å². The van der Waals surface area contributed by atoms with Gasteiger partial charge < -0.3 is 5.11 Å². The van der Waals surface area contributed by atoms with E-state index >= 15 is 0 Å². The third kappa shape index (κ3) is 2.57. The van der Waals surface area contributed by atoms with Crippen LogP contribution < -0.4 is 0 Å². The summed E-state index contributed by atoms with van der Waals surface area (Å²) in [7, 11) is 0. The molecule has 0 bridgehead atoms. The molecule has 4 unspecified atom stereocenters. The molecular formula is C18H20O. The zero-order valence-electron chi connectivity index (χ0n) is 11.2. The van der Waals surface area contributed by atoms with Crippen molar-refractivity contribution in [1.29, 1.82) is 0 Å². The molecule has 4 atom stereocenters. The summed E-state index contributed by atoms with van der Waals surface area (Å²) in [6, 6.07) is 20.9. The van der Waals surface area contributed by atoms with Crippen LogP contribution in [0.1, 0.15) is 36.3 Å². The highest BCUT2D eigenvalue weighted by Crippen LogP contribution is 2.51. The molecule has 0 heterocycles. The third-order valence-electron chi connectivity index (χ3n) is 4.34. The molecule has 0 amide bonds. The molecule has 0 aromatic heterocycles. The molecule has 0 radical (unpaired) electrons. The van der Waals surface area contributed by atoms with E-state index in [2.05, 4.69) is 43.3 Å². The Morgan fingerprint density at radius 1 is 0.947 bits per heavy atom. The number of hydrogen-bond donors (Lipinski definition) is 1. The van der Waals surface area contributed by atoms with Crippen LogP contribution in [0.2, 0.25) is 0 Å². The van der Waals surface area contributed by atoms with Crippen LogP contribution in [0.25, 0.3) is 0 Å². The van der Waals surface area contributed by atoms with Gasteiger partial charge in [0.1, 0.15) is 0 Å². The Kier molecular flexibility index (Phi) is 3.39. The number of hydrogen-bond acceptors (Lipinski definition) is 1. The maximum Gasteiger partial charge on any atom is 0.0640 e. The molecule has 0 spiro atoms. The molecule has 3 rings (SSSR count). The van der Waals surface area contributed by atoms with Crippen molar-refractivity contribution in [3.63, 3.8) is 0 Å². The fourth-order valence-electron chi connectivity index (χ4n) is 3.00. The first-order chi connectivity index (χ1) is 9.27. The van der Waals surface area contributed by atoms with Gasteiger partial charge in [-0.2, -0.15) is 0 Å². The lowest BCUT2D eigenvalue weighted by atomic mass is 9.91. The van der Waals surface area contributed by atoms with Crippen molar-refractivity contribution in [3.05, 3.63) is 71.8 Å². The van der Waals surface area contributed by atoms with Gasteiger partial charge in [0, 0.05) is 5.92 Å². The van der Waals surface area contributed by atoms with Crippen molar-refractivity contribution in [1.82, 2.24) is 0 Å². The predicted octanol–water partition coefficient (Wildman–Crippen LogP) is 3.95. The predicted molar refractivity (Wildman–Crippen MR) is 78.2 cm³/mol. The van der Waals surface area contributed by atoms with Crippen molar-refractivity contribution < 1.29 is 5.11 Å². The standard InChI is InChI=1S/C18H20O/c1-13(14-8-4-2-5-9-14)18(19)17-12-16(17)15-10-6-3-7-11-15/h2-11,13,16-19H,12H2,1H3. The molecule has 1 aliphatic carbocycles. The Labute approximate surface area is 114 Å². The molecule has 1 heteroatoms. The molecule has 2 aromatic rings. The first-order valence-electron chi connectivity index (χ1n) is 7.05. The summed E-state index contributed by atoms with van der Waals surface area (Å²) in [6.07, 6.45) is 0.870. The fourth-order valence-corrected chi connectivity index (χ4v) is 3.00. The summed E-state index contributed by atoms with van der Waals surface area (Å²) in [5.41, 5.74) is 2.60. The van der Waals surface area contributed by atoms with Crippen LogP contribution >= 0.6 is 0 Å². The Balaban J connectivity index is 1.68. The first kappa shape index (κ1) is 12.4. The van der Waals surface area contributed by atoms with E-state index in [4.69, 9.17) is 0 Å². The van der Waals surface area contributed by atoms with Gasteiger partial charge in [-0.25, -0.2) is 0 Å². The largest absolute Gasteiger partial charge is 0.392 e. The SMILES string of the molecule is CC(c1ccccc1)C(O)C1CC1c1ccccc1. The smallest absolute Gasteiger partial charge is 0.0640 e. The lowest BCUT2D eigenvalue weighted by molar-refractivity contribution is 0.124. The first-order valence-corrected chi connectivity index (χ1v) is 7.05. The van der Waals surface area contributed by atoms with Crippen molar-refractivity contribution in [2.45, 2.75) is 31.3 Å². The van der Waals surface area contributed by atoms with Gasteiger partial charge in [-0.05, 0) is 29.4 Å². The molecule has 98 valence electrons. The van der Waals surface area contributed by atoms with E-state index in [9.17, 15) is 5.11 Å². The summed E-state index contributed by atoms with van der Waals surface area (Å²) in [6.45, 7) is 2.13. The lowest BCUT2D eigenvalue weighted by Gasteiger charge is -2.19. The van der Waals surface area contributed by atoms with Crippen LogP contribution in [0.15, 0.2) is 60.7 Å². The van der Waals surface area contributed by atoms with Crippen LogP contribution in [-0.2, 0) is 0 Å². The molecule has 1 N–H and O–H groups in total. The topological polar surface area (TPSA) is 20.2 Å². The van der Waals surface area contributed by atoms with E-state index in [0.717, 1.165) is 6.42 Å². The minimum absolute atomic E-state index is 0.208. The second kappa shape index (κ2) is 5.18. The van der Waals surface area contributed by atoms with E-state index < -0.39 is 0 Å². The summed E-state index contributed by atoms with van der Waals surface area (Å²) >= 11 is 0. The Hall–Kier alpha value is -1.60. The highest BCUT2D eigenvalue weighted by Gasteiger charge is 2.45. The van der Waals surface area contributed by atoms with Gasteiger partial charge >= 0.3 is 0 Å².